The van der Waals surface area contributed by atoms with Gasteiger partial charge in [0.1, 0.15) is 5.82 Å². The molecule has 2 aromatic rings. The molecule has 16 heavy (non-hydrogen) atoms. The first-order valence-electron chi connectivity index (χ1n) is 5.11. The highest BCUT2D eigenvalue weighted by molar-refractivity contribution is 7.09. The van der Waals surface area contributed by atoms with Gasteiger partial charge in [-0.1, -0.05) is 0 Å². The van der Waals surface area contributed by atoms with Crippen molar-refractivity contribution < 1.29 is 0 Å². The maximum atomic E-state index is 5.72. The first-order chi connectivity index (χ1) is 7.75. The van der Waals surface area contributed by atoms with E-state index in [1.807, 2.05) is 19.1 Å². The van der Waals surface area contributed by atoms with Gasteiger partial charge in [0.25, 0.3) is 0 Å². The van der Waals surface area contributed by atoms with Gasteiger partial charge in [0, 0.05) is 24.5 Å². The minimum absolute atomic E-state index is 0.539. The number of anilines is 2. The van der Waals surface area contributed by atoms with Crippen LogP contribution in [-0.4, -0.2) is 16.5 Å². The van der Waals surface area contributed by atoms with Gasteiger partial charge in [0.2, 0.25) is 0 Å². The minimum Gasteiger partial charge on any atom is -0.382 e. The van der Waals surface area contributed by atoms with Crippen molar-refractivity contribution in [1.82, 2.24) is 9.97 Å². The second kappa shape index (κ2) is 4.94. The third kappa shape index (κ3) is 2.70. The number of nitrogens with two attached hydrogens (primary N) is 1. The van der Waals surface area contributed by atoms with Crippen molar-refractivity contribution in [2.24, 2.45) is 0 Å². The molecular weight excluding hydrogens is 220 g/mol. The fourth-order valence-corrected chi connectivity index (χ4v) is 2.06. The van der Waals surface area contributed by atoms with Crippen LogP contribution in [0.2, 0.25) is 0 Å². The van der Waals surface area contributed by atoms with Gasteiger partial charge < -0.3 is 11.1 Å². The summed E-state index contributed by atoms with van der Waals surface area (Å²) in [6.07, 6.45) is 2.59. The predicted octanol–water partition coefficient (Wildman–Crippen LogP) is 2.08. The zero-order valence-electron chi connectivity index (χ0n) is 9.10. The summed E-state index contributed by atoms with van der Waals surface area (Å²) in [7, 11) is 0. The molecule has 0 saturated heterocycles. The molecule has 0 aliphatic carbocycles. The number of rotatable bonds is 4. The molecule has 0 aliphatic rings. The van der Waals surface area contributed by atoms with Crippen molar-refractivity contribution in [3.8, 4) is 0 Å². The Morgan fingerprint density at radius 3 is 3.06 bits per heavy atom. The van der Waals surface area contributed by atoms with Crippen LogP contribution in [0.4, 0.5) is 11.5 Å². The van der Waals surface area contributed by atoms with E-state index in [0.29, 0.717) is 5.82 Å². The van der Waals surface area contributed by atoms with E-state index in [2.05, 4.69) is 20.7 Å². The third-order valence-electron chi connectivity index (χ3n) is 2.20. The Morgan fingerprint density at radius 1 is 1.50 bits per heavy atom. The van der Waals surface area contributed by atoms with Crippen molar-refractivity contribution in [2.45, 2.75) is 13.3 Å². The van der Waals surface area contributed by atoms with Crippen LogP contribution in [0.15, 0.2) is 23.7 Å². The zero-order valence-corrected chi connectivity index (χ0v) is 9.92. The number of nitrogens with one attached hydrogen (secondary N) is 1. The smallest absolute Gasteiger partial charge is 0.146 e. The number of aromatic nitrogens is 2. The Morgan fingerprint density at radius 2 is 2.38 bits per heavy atom. The van der Waals surface area contributed by atoms with Gasteiger partial charge in [-0.25, -0.2) is 9.97 Å². The van der Waals surface area contributed by atoms with Crippen LogP contribution in [-0.2, 0) is 6.42 Å². The van der Waals surface area contributed by atoms with Gasteiger partial charge in [0.15, 0.2) is 0 Å². The van der Waals surface area contributed by atoms with E-state index in [1.54, 1.807) is 17.5 Å². The third-order valence-corrected chi connectivity index (χ3v) is 3.02. The molecule has 0 radical (unpaired) electrons. The molecule has 0 amide bonds. The molecule has 0 aliphatic heterocycles. The topological polar surface area (TPSA) is 63.8 Å². The van der Waals surface area contributed by atoms with Gasteiger partial charge >= 0.3 is 0 Å². The molecule has 0 spiro atoms. The summed E-state index contributed by atoms with van der Waals surface area (Å²) in [6, 6.07) is 3.79. The van der Waals surface area contributed by atoms with Crippen LogP contribution < -0.4 is 11.1 Å². The van der Waals surface area contributed by atoms with E-state index in [-0.39, 0.29) is 0 Å². The number of hydrogen-bond donors (Lipinski definition) is 2. The van der Waals surface area contributed by atoms with Crippen LogP contribution in [0.3, 0.4) is 0 Å². The molecule has 2 rings (SSSR count). The standard InChI is InChI=1S/C11H14N4S/c1-8-15-9(7-16-8)4-6-13-10-3-2-5-14-11(10)12/h2-3,5,7,13H,4,6H2,1H3,(H2,12,14). The molecule has 0 saturated carbocycles. The molecule has 4 nitrogen and oxygen atoms in total. The number of aryl methyl sites for hydroxylation is 1. The number of nitrogens with zero attached hydrogens (tertiary/aromatic N) is 2. The van der Waals surface area contributed by atoms with Crippen molar-refractivity contribution >= 4 is 22.8 Å². The lowest BCUT2D eigenvalue weighted by atomic mass is 10.3. The van der Waals surface area contributed by atoms with Crippen LogP contribution >= 0.6 is 11.3 Å². The average molecular weight is 234 g/mol. The van der Waals surface area contributed by atoms with E-state index in [1.165, 1.54) is 0 Å². The first kappa shape index (κ1) is 10.9. The van der Waals surface area contributed by atoms with E-state index in [0.717, 1.165) is 29.4 Å². The Balaban J connectivity index is 1.87. The Labute approximate surface area is 98.6 Å². The SMILES string of the molecule is Cc1nc(CCNc2cccnc2N)cs1. The molecule has 3 N–H and O–H groups in total. The fourth-order valence-electron chi connectivity index (χ4n) is 1.42. The van der Waals surface area contributed by atoms with Gasteiger partial charge in [-0.2, -0.15) is 0 Å². The number of pyridine rings is 1. The van der Waals surface area contributed by atoms with Crippen LogP contribution in [0.25, 0.3) is 0 Å². The minimum atomic E-state index is 0.539. The number of nitrogen functional groups attached to an aromatic ring is 1. The van der Waals surface area contributed by atoms with E-state index in [4.69, 9.17) is 5.73 Å². The maximum absolute atomic E-state index is 5.72. The lowest BCUT2D eigenvalue weighted by Gasteiger charge is -2.06. The molecule has 5 heteroatoms. The lowest BCUT2D eigenvalue weighted by Crippen LogP contribution is -2.07. The monoisotopic (exact) mass is 234 g/mol. The summed E-state index contributed by atoms with van der Waals surface area (Å²) in [4.78, 5) is 8.41. The highest BCUT2D eigenvalue weighted by Crippen LogP contribution is 2.14. The second-order valence-electron chi connectivity index (χ2n) is 3.47. The molecule has 0 bridgehead atoms. The largest absolute Gasteiger partial charge is 0.382 e. The molecule has 0 aromatic carbocycles. The summed E-state index contributed by atoms with van der Waals surface area (Å²) >= 11 is 1.68. The average Bonchev–Trinajstić information content (AvgIpc) is 2.67. The Hall–Kier alpha value is -1.62. The highest BCUT2D eigenvalue weighted by Gasteiger charge is 2.00. The van der Waals surface area contributed by atoms with E-state index >= 15 is 0 Å². The van der Waals surface area contributed by atoms with Crippen LogP contribution in [0.5, 0.6) is 0 Å². The predicted molar refractivity (Wildman–Crippen MR) is 67.7 cm³/mol. The van der Waals surface area contributed by atoms with E-state index < -0.39 is 0 Å². The van der Waals surface area contributed by atoms with Crippen LogP contribution in [0, 0.1) is 6.92 Å². The molecule has 0 fully saturated rings. The van der Waals surface area contributed by atoms with Gasteiger partial charge in [-0.15, -0.1) is 11.3 Å². The zero-order chi connectivity index (χ0) is 11.4. The maximum Gasteiger partial charge on any atom is 0.146 e. The van der Waals surface area contributed by atoms with Gasteiger partial charge in [-0.3, -0.25) is 0 Å². The van der Waals surface area contributed by atoms with E-state index in [9.17, 15) is 0 Å². The van der Waals surface area contributed by atoms with Crippen molar-refractivity contribution in [3.05, 3.63) is 34.4 Å². The number of thiazole rings is 1. The Kier molecular flexibility index (Phi) is 3.36. The van der Waals surface area contributed by atoms with Gasteiger partial charge in [-0.05, 0) is 19.1 Å². The number of hydrogen-bond acceptors (Lipinski definition) is 5. The summed E-state index contributed by atoms with van der Waals surface area (Å²) in [6.45, 7) is 2.83. The Bertz CT molecular complexity index is 467. The molecule has 0 unspecified atom stereocenters. The van der Waals surface area contributed by atoms with Crippen LogP contribution in [0.1, 0.15) is 10.7 Å². The molecule has 0 atom stereocenters. The fraction of sp³-hybridized carbons (Fsp3) is 0.273. The van der Waals surface area contributed by atoms with Crippen molar-refractivity contribution in [1.29, 1.82) is 0 Å². The quantitative estimate of drug-likeness (QED) is 0.850. The second-order valence-corrected chi connectivity index (χ2v) is 4.53. The molecule has 2 aromatic heterocycles. The van der Waals surface area contributed by atoms with Crippen molar-refractivity contribution in [2.75, 3.05) is 17.6 Å². The first-order valence-corrected chi connectivity index (χ1v) is 5.99. The molecule has 84 valence electrons. The van der Waals surface area contributed by atoms with Crippen molar-refractivity contribution in [3.63, 3.8) is 0 Å². The summed E-state index contributed by atoms with van der Waals surface area (Å²) in [5.41, 5.74) is 7.72. The molecule has 2 heterocycles. The summed E-state index contributed by atoms with van der Waals surface area (Å²) in [5.74, 6) is 0.539. The summed E-state index contributed by atoms with van der Waals surface area (Å²) in [5, 5.41) is 6.44. The highest BCUT2D eigenvalue weighted by atomic mass is 32.1. The van der Waals surface area contributed by atoms with Gasteiger partial charge in [0.05, 0.1) is 16.4 Å². The lowest BCUT2D eigenvalue weighted by molar-refractivity contribution is 0.967. The normalized spacial score (nSPS) is 10.3. The molecular formula is C11H14N4S. The summed E-state index contributed by atoms with van der Waals surface area (Å²) < 4.78 is 0.